The predicted molar refractivity (Wildman–Crippen MR) is 119 cm³/mol. The average molecular weight is 462 g/mol. The van der Waals surface area contributed by atoms with Gasteiger partial charge in [-0.1, -0.05) is 45.4 Å². The molecule has 0 spiro atoms. The van der Waals surface area contributed by atoms with Crippen molar-refractivity contribution in [2.75, 3.05) is 7.11 Å². The van der Waals surface area contributed by atoms with Gasteiger partial charge in [-0.15, -0.1) is 0 Å². The molecule has 0 radical (unpaired) electrons. The topological polar surface area (TPSA) is 111 Å². The third-order valence-electron chi connectivity index (χ3n) is 5.77. The molecule has 8 nitrogen and oxygen atoms in total. The summed E-state index contributed by atoms with van der Waals surface area (Å²) in [6.45, 7) is 7.99. The Labute approximate surface area is 192 Å². The second kappa shape index (κ2) is 8.94. The van der Waals surface area contributed by atoms with Crippen LogP contribution in [-0.2, 0) is 4.74 Å². The Kier molecular flexibility index (Phi) is 6.64. The summed E-state index contributed by atoms with van der Waals surface area (Å²) >= 11 is 5.90. The second-order valence-corrected chi connectivity index (χ2v) is 9.78. The quantitative estimate of drug-likeness (QED) is 0.511. The van der Waals surface area contributed by atoms with E-state index in [-0.39, 0.29) is 34.1 Å². The lowest BCUT2D eigenvalue weighted by Crippen LogP contribution is -2.56. The second-order valence-electron chi connectivity index (χ2n) is 9.40. The minimum Gasteiger partial charge on any atom is -0.503 e. The van der Waals surface area contributed by atoms with E-state index in [0.717, 1.165) is 0 Å². The fourth-order valence-corrected chi connectivity index (χ4v) is 4.91. The third-order valence-corrected chi connectivity index (χ3v) is 5.98. The van der Waals surface area contributed by atoms with Gasteiger partial charge >= 0.3 is 5.97 Å². The maximum absolute atomic E-state index is 12.8. The van der Waals surface area contributed by atoms with Crippen LogP contribution in [-0.4, -0.2) is 46.2 Å². The highest BCUT2D eigenvalue weighted by Crippen LogP contribution is 2.48. The van der Waals surface area contributed by atoms with E-state index < -0.39 is 28.8 Å². The van der Waals surface area contributed by atoms with E-state index in [2.05, 4.69) is 15.3 Å². The van der Waals surface area contributed by atoms with E-state index in [4.69, 9.17) is 21.1 Å². The molecule has 0 bridgehead atoms. The summed E-state index contributed by atoms with van der Waals surface area (Å²) in [5.41, 5.74) is -0.838. The average Bonchev–Trinajstić information content (AvgIpc) is 2.70. The zero-order valence-corrected chi connectivity index (χ0v) is 19.6. The Morgan fingerprint density at radius 1 is 1.16 bits per heavy atom. The Balaban J connectivity index is 1.75. The van der Waals surface area contributed by atoms with Crippen molar-refractivity contribution in [3.63, 3.8) is 0 Å². The van der Waals surface area contributed by atoms with Crippen LogP contribution in [0, 0.1) is 10.8 Å². The number of esters is 1. The fraction of sp³-hybridized carbons (Fsp3) is 0.478. The first-order valence-electron chi connectivity index (χ1n) is 10.3. The van der Waals surface area contributed by atoms with Gasteiger partial charge in [-0.2, -0.15) is 0 Å². The molecule has 1 aliphatic carbocycles. The van der Waals surface area contributed by atoms with Gasteiger partial charge in [-0.05, 0) is 25.0 Å². The van der Waals surface area contributed by atoms with Gasteiger partial charge in [0.25, 0.3) is 5.91 Å². The van der Waals surface area contributed by atoms with E-state index in [1.54, 1.807) is 18.2 Å². The molecule has 2 aromatic rings. The van der Waals surface area contributed by atoms with Crippen LogP contribution in [0.25, 0.3) is 0 Å². The zero-order chi connectivity index (χ0) is 23.7. The van der Waals surface area contributed by atoms with Crippen molar-refractivity contribution in [3.8, 4) is 11.5 Å². The largest absolute Gasteiger partial charge is 0.503 e. The van der Waals surface area contributed by atoms with Crippen LogP contribution in [0.3, 0.4) is 0 Å². The zero-order valence-electron chi connectivity index (χ0n) is 18.8. The van der Waals surface area contributed by atoms with Crippen molar-refractivity contribution in [1.82, 2.24) is 15.3 Å². The van der Waals surface area contributed by atoms with Crippen LogP contribution in [0.15, 0.2) is 30.5 Å². The molecule has 172 valence electrons. The van der Waals surface area contributed by atoms with Gasteiger partial charge in [0.2, 0.25) is 0 Å². The molecule has 0 unspecified atom stereocenters. The number of carbonyl (C=O) groups is 2. The summed E-state index contributed by atoms with van der Waals surface area (Å²) in [4.78, 5) is 33.6. The maximum atomic E-state index is 12.8. The number of nitrogens with zero attached hydrogens (tertiary/aromatic N) is 2. The van der Waals surface area contributed by atoms with Crippen LogP contribution in [0.1, 0.15) is 61.5 Å². The van der Waals surface area contributed by atoms with Gasteiger partial charge in [-0.25, -0.2) is 14.8 Å². The molecular formula is C23H28ClN3O5. The number of hydrogen-bond donors (Lipinski definition) is 2. The molecule has 1 fully saturated rings. The lowest BCUT2D eigenvalue weighted by atomic mass is 9.61. The molecule has 32 heavy (non-hydrogen) atoms. The van der Waals surface area contributed by atoms with Crippen molar-refractivity contribution in [2.24, 2.45) is 10.8 Å². The molecule has 0 atom stereocenters. The third kappa shape index (κ3) is 4.96. The summed E-state index contributed by atoms with van der Waals surface area (Å²) in [6.07, 6.45) is 2.11. The molecular weight excluding hydrogens is 434 g/mol. The van der Waals surface area contributed by atoms with Crippen molar-refractivity contribution in [1.29, 1.82) is 0 Å². The number of carbonyl (C=O) groups excluding carboxylic acids is 2. The Bertz CT molecular complexity index is 1010. The number of aromatic nitrogens is 2. The van der Waals surface area contributed by atoms with Gasteiger partial charge in [-0.3, -0.25) is 4.79 Å². The Morgan fingerprint density at radius 2 is 1.81 bits per heavy atom. The monoisotopic (exact) mass is 461 g/mol. The maximum Gasteiger partial charge on any atom is 0.357 e. The summed E-state index contributed by atoms with van der Waals surface area (Å²) in [5.74, 6) is -1.15. The fourth-order valence-electron chi connectivity index (χ4n) is 4.75. The smallest absolute Gasteiger partial charge is 0.357 e. The normalized spacial score (nSPS) is 21.4. The van der Waals surface area contributed by atoms with E-state index in [9.17, 15) is 14.7 Å². The molecule has 2 heterocycles. The molecule has 0 aliphatic heterocycles. The summed E-state index contributed by atoms with van der Waals surface area (Å²) < 4.78 is 11.0. The van der Waals surface area contributed by atoms with Gasteiger partial charge in [0, 0.05) is 29.1 Å². The number of amides is 1. The molecule has 3 rings (SSSR count). The molecule has 2 N–H and O–H groups in total. The van der Waals surface area contributed by atoms with Crippen LogP contribution < -0.4 is 10.1 Å². The molecule has 2 aromatic heterocycles. The number of hydrogen-bond acceptors (Lipinski definition) is 7. The Hall–Kier alpha value is -2.87. The van der Waals surface area contributed by atoms with E-state index >= 15 is 0 Å². The predicted octanol–water partition coefficient (Wildman–Crippen LogP) is 4.01. The SMILES string of the molecule is COc1ccnc(C(=O)NC2CC(C)(C)C(OC(=O)c3cccc(Cl)n3)C(C)(C)C2)c1O. The van der Waals surface area contributed by atoms with E-state index in [0.29, 0.717) is 12.8 Å². The van der Waals surface area contributed by atoms with E-state index in [1.807, 2.05) is 27.7 Å². The van der Waals surface area contributed by atoms with Crippen molar-refractivity contribution in [3.05, 3.63) is 47.0 Å². The highest BCUT2D eigenvalue weighted by Gasteiger charge is 2.50. The van der Waals surface area contributed by atoms with Crippen LogP contribution in [0.5, 0.6) is 11.5 Å². The summed E-state index contributed by atoms with van der Waals surface area (Å²) in [5, 5.41) is 13.4. The first kappa shape index (κ1) is 23.8. The lowest BCUT2D eigenvalue weighted by Gasteiger charge is -2.51. The summed E-state index contributed by atoms with van der Waals surface area (Å²) in [7, 11) is 1.41. The van der Waals surface area contributed by atoms with Crippen LogP contribution in [0.2, 0.25) is 5.15 Å². The molecule has 0 saturated heterocycles. The highest BCUT2D eigenvalue weighted by molar-refractivity contribution is 6.29. The molecule has 1 amide bonds. The van der Waals surface area contributed by atoms with Crippen molar-refractivity contribution in [2.45, 2.75) is 52.7 Å². The van der Waals surface area contributed by atoms with Gasteiger partial charge in [0.05, 0.1) is 7.11 Å². The van der Waals surface area contributed by atoms with Gasteiger partial charge in [0.1, 0.15) is 17.0 Å². The first-order chi connectivity index (χ1) is 14.9. The molecule has 0 aromatic carbocycles. The highest BCUT2D eigenvalue weighted by atomic mass is 35.5. The number of rotatable bonds is 5. The minimum absolute atomic E-state index is 0.0967. The lowest BCUT2D eigenvalue weighted by molar-refractivity contribution is -0.0974. The molecule has 1 aliphatic rings. The summed E-state index contributed by atoms with van der Waals surface area (Å²) in [6, 6.07) is 6.07. The van der Waals surface area contributed by atoms with Gasteiger partial charge in [0.15, 0.2) is 17.2 Å². The van der Waals surface area contributed by atoms with Crippen LogP contribution >= 0.6 is 11.6 Å². The van der Waals surface area contributed by atoms with Crippen LogP contribution in [0.4, 0.5) is 0 Å². The number of methoxy groups -OCH3 is 1. The first-order valence-corrected chi connectivity index (χ1v) is 10.7. The minimum atomic E-state index is -0.536. The number of nitrogens with one attached hydrogen (secondary N) is 1. The molecule has 1 saturated carbocycles. The number of aromatic hydroxyl groups is 1. The van der Waals surface area contributed by atoms with Crippen molar-refractivity contribution < 1.29 is 24.2 Å². The van der Waals surface area contributed by atoms with E-state index in [1.165, 1.54) is 19.4 Å². The van der Waals surface area contributed by atoms with Crippen molar-refractivity contribution >= 4 is 23.5 Å². The Morgan fingerprint density at radius 3 is 2.41 bits per heavy atom. The number of pyridine rings is 2. The number of ether oxygens (including phenoxy) is 2. The number of halogens is 1. The van der Waals surface area contributed by atoms with Gasteiger partial charge < -0.3 is 19.9 Å². The molecule has 9 heteroatoms. The standard InChI is InChI=1S/C23H28ClN3O5/c1-22(2)11-13(26-19(29)17-18(28)15(31-5)9-10-25-17)12-23(3,4)21(22)32-20(30)14-7-6-8-16(24)27-14/h6-10,13,21,28H,11-12H2,1-5H3,(H,26,29).